The third-order valence-corrected chi connectivity index (χ3v) is 10.1. The molecule has 1 saturated heterocycles. The largest absolute Gasteiger partial charge is 0.497 e. The number of nitro benzene ring substituents is 1. The van der Waals surface area contributed by atoms with Gasteiger partial charge in [-0.1, -0.05) is 35.2 Å². The van der Waals surface area contributed by atoms with E-state index >= 15 is 0 Å². The van der Waals surface area contributed by atoms with Crippen LogP contribution in [0, 0.1) is 16.0 Å². The van der Waals surface area contributed by atoms with Gasteiger partial charge in [-0.25, -0.2) is 4.90 Å². The zero-order chi connectivity index (χ0) is 31.1. The molecule has 12 nitrogen and oxygen atoms in total. The number of ether oxygens (including phenoxy) is 2. The van der Waals surface area contributed by atoms with Crippen molar-refractivity contribution in [3.63, 3.8) is 0 Å². The second-order valence-electron chi connectivity index (χ2n) is 10.0. The summed E-state index contributed by atoms with van der Waals surface area (Å²) in [6.45, 7) is -0.301. The summed E-state index contributed by atoms with van der Waals surface area (Å²) in [5.41, 5.74) is 1.26. The molecule has 3 aromatic carbocycles. The number of carbonyl (C=O) groups is 3. The van der Waals surface area contributed by atoms with Crippen LogP contribution in [-0.2, 0) is 20.9 Å². The SMILES string of the molecule is COc1ccc(NC(=O)Cn2c3c(sc2=O)C(c2ccc(OC)cc2)C2C(=O)N(c4ccc([N+](=O)[O-])cc4)C(=O)C2S3)cc1. The first-order valence-electron chi connectivity index (χ1n) is 13.3. The van der Waals surface area contributed by atoms with Crippen LogP contribution >= 0.6 is 23.1 Å². The molecule has 1 aromatic heterocycles. The minimum atomic E-state index is -0.901. The minimum Gasteiger partial charge on any atom is -0.497 e. The molecule has 6 rings (SSSR count). The van der Waals surface area contributed by atoms with Crippen molar-refractivity contribution in [1.82, 2.24) is 4.57 Å². The Kier molecular flexibility index (Phi) is 7.69. The number of methoxy groups -OCH3 is 2. The first-order valence-corrected chi connectivity index (χ1v) is 15.0. The van der Waals surface area contributed by atoms with Gasteiger partial charge in [0.2, 0.25) is 17.7 Å². The highest BCUT2D eigenvalue weighted by molar-refractivity contribution is 8.00. The van der Waals surface area contributed by atoms with Crippen LogP contribution in [0.4, 0.5) is 17.1 Å². The summed E-state index contributed by atoms with van der Waals surface area (Å²) in [4.78, 5) is 66.1. The zero-order valence-electron chi connectivity index (χ0n) is 23.3. The van der Waals surface area contributed by atoms with E-state index in [1.807, 2.05) is 0 Å². The number of anilines is 2. The summed E-state index contributed by atoms with van der Waals surface area (Å²) < 4.78 is 11.8. The van der Waals surface area contributed by atoms with Crippen LogP contribution in [0.15, 0.2) is 82.6 Å². The number of thiazole rings is 1. The van der Waals surface area contributed by atoms with E-state index in [0.29, 0.717) is 32.7 Å². The van der Waals surface area contributed by atoms with Crippen LogP contribution in [-0.4, -0.2) is 46.7 Å². The van der Waals surface area contributed by atoms with Gasteiger partial charge in [0.25, 0.3) is 5.69 Å². The highest BCUT2D eigenvalue weighted by Crippen LogP contribution is 2.54. The van der Waals surface area contributed by atoms with Gasteiger partial charge in [0.15, 0.2) is 0 Å². The average molecular weight is 633 g/mol. The predicted octanol–water partition coefficient (Wildman–Crippen LogP) is 4.27. The highest BCUT2D eigenvalue weighted by atomic mass is 32.2. The summed E-state index contributed by atoms with van der Waals surface area (Å²) in [6.07, 6.45) is 0. The van der Waals surface area contributed by atoms with Crippen LogP contribution in [0.25, 0.3) is 0 Å². The Hall–Kier alpha value is -4.95. The number of non-ortho nitro benzene ring substituents is 1. The van der Waals surface area contributed by atoms with Gasteiger partial charge in [0.05, 0.1) is 35.8 Å². The Morgan fingerprint density at radius 3 is 2.11 bits per heavy atom. The van der Waals surface area contributed by atoms with Crippen LogP contribution in [0.1, 0.15) is 16.4 Å². The number of rotatable bonds is 8. The summed E-state index contributed by atoms with van der Waals surface area (Å²) in [6, 6.07) is 19.0. The van der Waals surface area contributed by atoms with Crippen molar-refractivity contribution < 1.29 is 28.8 Å². The van der Waals surface area contributed by atoms with Crippen LogP contribution < -0.4 is 24.6 Å². The molecule has 0 bridgehead atoms. The van der Waals surface area contributed by atoms with E-state index in [4.69, 9.17) is 9.47 Å². The molecule has 14 heteroatoms. The Morgan fingerprint density at radius 1 is 0.909 bits per heavy atom. The molecule has 4 aromatic rings. The van der Waals surface area contributed by atoms with Gasteiger partial charge >= 0.3 is 4.87 Å². The number of thioether (sulfide) groups is 1. The van der Waals surface area contributed by atoms with Crippen molar-refractivity contribution in [2.45, 2.75) is 22.7 Å². The molecule has 1 N–H and O–H groups in total. The number of aromatic nitrogens is 1. The van der Waals surface area contributed by atoms with Crippen LogP contribution in [0.3, 0.4) is 0 Å². The van der Waals surface area contributed by atoms with E-state index in [2.05, 4.69) is 5.32 Å². The molecule has 2 aliphatic heterocycles. The molecule has 0 radical (unpaired) electrons. The molecule has 3 heterocycles. The van der Waals surface area contributed by atoms with E-state index in [9.17, 15) is 29.3 Å². The molecule has 3 amide bonds. The lowest BCUT2D eigenvalue weighted by atomic mass is 9.83. The van der Waals surface area contributed by atoms with E-state index < -0.39 is 44.6 Å². The van der Waals surface area contributed by atoms with E-state index in [1.54, 1.807) is 48.5 Å². The van der Waals surface area contributed by atoms with Gasteiger partial charge in [-0.05, 0) is 54.1 Å². The predicted molar refractivity (Wildman–Crippen MR) is 164 cm³/mol. The molecular weight excluding hydrogens is 608 g/mol. The van der Waals surface area contributed by atoms with Crippen molar-refractivity contribution in [2.24, 2.45) is 5.92 Å². The highest BCUT2D eigenvalue weighted by Gasteiger charge is 2.56. The summed E-state index contributed by atoms with van der Waals surface area (Å²) in [5, 5.41) is 13.5. The summed E-state index contributed by atoms with van der Waals surface area (Å²) in [5.74, 6) is -1.72. The van der Waals surface area contributed by atoms with E-state index in [-0.39, 0.29) is 17.9 Å². The van der Waals surface area contributed by atoms with E-state index in [0.717, 1.165) is 28.0 Å². The standard InChI is InChI=1S/C30H24N4O8S2/c1-41-20-11-3-16(4-12-20)23-24-25(28(37)33(27(24)36)18-7-9-19(10-8-18)34(39)40)43-29-26(23)44-30(38)32(29)15-22(35)31-17-5-13-21(42-2)14-6-17/h3-14,23-25H,15H2,1-2H3,(H,31,35). The van der Waals surface area contributed by atoms with Crippen molar-refractivity contribution in [1.29, 1.82) is 0 Å². The van der Waals surface area contributed by atoms with Gasteiger partial charge < -0.3 is 14.8 Å². The lowest BCUT2D eigenvalue weighted by molar-refractivity contribution is -0.384. The first kappa shape index (κ1) is 29.1. The topological polar surface area (TPSA) is 150 Å². The molecule has 44 heavy (non-hydrogen) atoms. The monoisotopic (exact) mass is 632 g/mol. The quantitative estimate of drug-likeness (QED) is 0.171. The molecular formula is C30H24N4O8S2. The Bertz CT molecular complexity index is 1830. The van der Waals surface area contributed by atoms with Crippen molar-refractivity contribution in [3.05, 3.63) is 103 Å². The molecule has 0 saturated carbocycles. The number of amides is 3. The number of nitrogens with one attached hydrogen (secondary N) is 1. The van der Waals surface area contributed by atoms with Gasteiger partial charge in [-0.2, -0.15) is 0 Å². The van der Waals surface area contributed by atoms with Gasteiger partial charge in [-0.15, -0.1) is 0 Å². The lowest BCUT2D eigenvalue weighted by Gasteiger charge is -2.30. The smallest absolute Gasteiger partial charge is 0.308 e. The number of imide groups is 1. The average Bonchev–Trinajstić information content (AvgIpc) is 3.47. The maximum absolute atomic E-state index is 14.0. The van der Waals surface area contributed by atoms with Gasteiger partial charge in [0, 0.05) is 28.6 Å². The van der Waals surface area contributed by atoms with Crippen molar-refractivity contribution in [2.75, 3.05) is 24.4 Å². The molecule has 0 aliphatic carbocycles. The van der Waals surface area contributed by atoms with Gasteiger partial charge in [-0.3, -0.25) is 33.9 Å². The first-order chi connectivity index (χ1) is 21.2. The fraction of sp³-hybridized carbons (Fsp3) is 0.200. The molecule has 224 valence electrons. The molecule has 0 spiro atoms. The summed E-state index contributed by atoms with van der Waals surface area (Å²) >= 11 is 2.02. The molecule has 1 fully saturated rings. The number of fused-ring (bicyclic) bond motifs is 2. The summed E-state index contributed by atoms with van der Waals surface area (Å²) in [7, 11) is 3.07. The minimum absolute atomic E-state index is 0.171. The van der Waals surface area contributed by atoms with E-state index in [1.165, 1.54) is 43.1 Å². The van der Waals surface area contributed by atoms with Crippen LogP contribution in [0.2, 0.25) is 0 Å². The Morgan fingerprint density at radius 2 is 1.52 bits per heavy atom. The normalized spacial score (nSPS) is 18.9. The zero-order valence-corrected chi connectivity index (χ0v) is 24.9. The molecule has 3 atom stereocenters. The fourth-order valence-electron chi connectivity index (χ4n) is 5.42. The van der Waals surface area contributed by atoms with Crippen molar-refractivity contribution in [3.8, 4) is 11.5 Å². The maximum atomic E-state index is 14.0. The number of hydrogen-bond acceptors (Lipinski definition) is 10. The maximum Gasteiger partial charge on any atom is 0.308 e. The molecule has 2 aliphatic rings. The third kappa shape index (κ3) is 5.11. The number of carbonyl (C=O) groups excluding carboxylic acids is 3. The number of nitro groups is 1. The lowest BCUT2D eigenvalue weighted by Crippen LogP contribution is -2.33. The van der Waals surface area contributed by atoms with Crippen molar-refractivity contribution >= 4 is 57.9 Å². The fourth-order valence-corrected chi connectivity index (χ4v) is 8.20. The van der Waals surface area contributed by atoms with Crippen LogP contribution in [0.5, 0.6) is 11.5 Å². The second-order valence-corrected chi connectivity index (χ2v) is 12.1. The number of hydrogen-bond donors (Lipinski definition) is 1. The number of benzene rings is 3. The number of nitrogens with zero attached hydrogens (tertiary/aromatic N) is 3. The Balaban J connectivity index is 1.38. The molecule has 3 unspecified atom stereocenters. The van der Waals surface area contributed by atoms with Gasteiger partial charge in [0.1, 0.15) is 23.3 Å². The third-order valence-electron chi connectivity index (χ3n) is 7.52. The Labute approximate surface area is 258 Å². The second kappa shape index (κ2) is 11.6.